The Kier molecular flexibility index (Phi) is 5.81. The van der Waals surface area contributed by atoms with Gasteiger partial charge in [-0.15, -0.1) is 10.2 Å². The molecule has 2 bridgehead atoms. The van der Waals surface area contributed by atoms with E-state index in [4.69, 9.17) is 10.7 Å². The number of nitrogens with one attached hydrogen (secondary N) is 1. The average Bonchev–Trinajstić information content (AvgIpc) is 3.44. The number of nitrogens with zero attached hydrogens (tertiary/aromatic N) is 7. The number of phenols is 1. The molecule has 3 aromatic heterocycles. The number of aryl methyl sites for hydroxylation is 1. The highest BCUT2D eigenvalue weighted by Gasteiger charge is 2.62. The molecule has 1 aromatic carbocycles. The van der Waals surface area contributed by atoms with Crippen LogP contribution in [0.15, 0.2) is 54.9 Å². The van der Waals surface area contributed by atoms with E-state index in [2.05, 4.69) is 48.4 Å². The molecule has 10 nitrogen and oxygen atoms in total. The van der Waals surface area contributed by atoms with E-state index < -0.39 is 0 Å². The Morgan fingerprint density at radius 1 is 1.15 bits per heavy atom. The van der Waals surface area contributed by atoms with Crippen molar-refractivity contribution in [1.29, 1.82) is 0 Å². The lowest BCUT2D eigenvalue weighted by molar-refractivity contribution is 0.0598. The molecule has 2 aliphatic carbocycles. The Morgan fingerprint density at radius 3 is 2.90 bits per heavy atom. The number of hydrogen-bond donors (Lipinski definition) is 3. The highest BCUT2D eigenvalue weighted by atomic mass is 16.3. The van der Waals surface area contributed by atoms with Crippen molar-refractivity contribution in [3.63, 3.8) is 0 Å². The second kappa shape index (κ2) is 9.52. The summed E-state index contributed by atoms with van der Waals surface area (Å²) in [6.45, 7) is 2.33. The lowest BCUT2D eigenvalue weighted by Gasteiger charge is -2.53. The number of phenolic OH excluding ortho intramolecular Hbond substituents is 1. The second-order valence-electron chi connectivity index (χ2n) is 11.3. The largest absolute Gasteiger partial charge is 0.507 e. The molecular weight excluding hydrogens is 502 g/mol. The lowest BCUT2D eigenvalue weighted by atomic mass is 9.53. The van der Waals surface area contributed by atoms with Crippen LogP contribution in [0, 0.1) is 29.6 Å². The van der Waals surface area contributed by atoms with Gasteiger partial charge in [-0.05, 0) is 67.2 Å². The summed E-state index contributed by atoms with van der Waals surface area (Å²) in [5.74, 6) is 9.91. The summed E-state index contributed by atoms with van der Waals surface area (Å²) in [4.78, 5) is 11.8. The summed E-state index contributed by atoms with van der Waals surface area (Å²) in [5, 5.41) is 26.4. The quantitative estimate of drug-likeness (QED) is 0.331. The molecule has 2 saturated carbocycles. The third kappa shape index (κ3) is 4.18. The number of hydrogen-bond acceptors (Lipinski definition) is 9. The number of nitrogens with two attached hydrogens (primary N) is 1. The molecule has 3 fully saturated rings. The molecule has 4 unspecified atom stereocenters. The number of anilines is 3. The van der Waals surface area contributed by atoms with E-state index in [1.54, 1.807) is 16.8 Å². The third-order valence-electron chi connectivity index (χ3n) is 8.84. The first-order valence-corrected chi connectivity index (χ1v) is 13.7. The van der Waals surface area contributed by atoms with Crippen molar-refractivity contribution < 1.29 is 5.11 Å². The summed E-state index contributed by atoms with van der Waals surface area (Å²) in [7, 11) is 1.89. The van der Waals surface area contributed by atoms with Crippen LogP contribution in [0.25, 0.3) is 11.3 Å². The molecule has 1 saturated heterocycles. The normalized spacial score (nSPS) is 24.5. The number of fused-ring (bicyclic) bond motifs is 1. The molecule has 4 atom stereocenters. The van der Waals surface area contributed by atoms with Gasteiger partial charge in [-0.3, -0.25) is 4.68 Å². The van der Waals surface area contributed by atoms with Gasteiger partial charge in [-0.1, -0.05) is 18.1 Å². The molecular formula is C30H31N9O. The van der Waals surface area contributed by atoms with Gasteiger partial charge in [0.15, 0.2) is 5.82 Å². The van der Waals surface area contributed by atoms with Crippen LogP contribution in [0.1, 0.15) is 30.8 Å². The van der Waals surface area contributed by atoms with Crippen molar-refractivity contribution in [1.82, 2.24) is 29.9 Å². The van der Waals surface area contributed by atoms with E-state index in [9.17, 15) is 5.11 Å². The predicted octanol–water partition coefficient (Wildman–Crippen LogP) is 3.22. The predicted molar refractivity (Wildman–Crippen MR) is 152 cm³/mol. The van der Waals surface area contributed by atoms with Gasteiger partial charge in [0.05, 0.1) is 23.6 Å². The number of rotatable bonds is 5. The Morgan fingerprint density at radius 2 is 2.05 bits per heavy atom. The van der Waals surface area contributed by atoms with Crippen LogP contribution in [0.3, 0.4) is 0 Å². The van der Waals surface area contributed by atoms with Gasteiger partial charge >= 0.3 is 0 Å². The maximum Gasteiger partial charge on any atom is 0.205 e. The molecule has 3 aliphatic rings. The minimum Gasteiger partial charge on any atom is -0.507 e. The van der Waals surface area contributed by atoms with Crippen LogP contribution >= 0.6 is 0 Å². The van der Waals surface area contributed by atoms with Crippen molar-refractivity contribution in [2.75, 3.05) is 35.6 Å². The fourth-order valence-corrected chi connectivity index (χ4v) is 7.19. The molecule has 4 N–H and O–H groups in total. The van der Waals surface area contributed by atoms with Gasteiger partial charge in [0.1, 0.15) is 11.6 Å². The number of aromatic nitrogens is 6. The van der Waals surface area contributed by atoms with Crippen LogP contribution in [0.4, 0.5) is 17.3 Å². The Hall–Kier alpha value is -4.65. The topological polar surface area (TPSA) is 131 Å². The second-order valence-corrected chi connectivity index (χ2v) is 11.3. The van der Waals surface area contributed by atoms with Crippen LogP contribution in [0.2, 0.25) is 0 Å². The number of benzene rings is 1. The minimum atomic E-state index is 0.107. The summed E-state index contributed by atoms with van der Waals surface area (Å²) in [5.41, 5.74) is 9.77. The number of aromatic hydroxyl groups is 1. The lowest BCUT2D eigenvalue weighted by Crippen LogP contribution is -2.53. The molecule has 0 radical (unpaired) electrons. The van der Waals surface area contributed by atoms with Gasteiger partial charge in [-0.2, -0.15) is 5.10 Å². The third-order valence-corrected chi connectivity index (χ3v) is 8.84. The van der Waals surface area contributed by atoms with Gasteiger partial charge < -0.3 is 21.1 Å². The van der Waals surface area contributed by atoms with Gasteiger partial charge in [0.2, 0.25) is 5.82 Å². The fraction of sp³-hybridized carbons (Fsp3) is 0.367. The van der Waals surface area contributed by atoms with Crippen molar-refractivity contribution in [2.24, 2.45) is 24.8 Å². The summed E-state index contributed by atoms with van der Waals surface area (Å²) >= 11 is 0. The van der Waals surface area contributed by atoms with Crippen LogP contribution in [0.5, 0.6) is 5.75 Å². The summed E-state index contributed by atoms with van der Waals surface area (Å²) in [6, 6.07) is 13.2. The SMILES string of the molecule is Cn1ccc(NCC#Cc2nccc(C34CC5CC3C(CN(c3cc(-c6ccccc6O)nnc3N)C5)C4)n2)n1. The van der Waals surface area contributed by atoms with Crippen LogP contribution < -0.4 is 16.0 Å². The number of para-hydroxylation sites is 1. The van der Waals surface area contributed by atoms with Crippen molar-refractivity contribution >= 4 is 17.3 Å². The Balaban J connectivity index is 1.07. The average molecular weight is 534 g/mol. The van der Waals surface area contributed by atoms with Crippen LogP contribution in [-0.4, -0.2) is 54.7 Å². The molecule has 0 spiro atoms. The van der Waals surface area contributed by atoms with E-state index in [0.717, 1.165) is 43.1 Å². The standard InChI is InChI=1S/C30H31N9O/c1-38-12-9-28(37-38)32-10-4-7-27-33-11-8-26(34-27)30-15-19-13-22(30)20(16-30)18-39(17-19)24-14-23(35-36-29(24)31)21-5-2-3-6-25(21)40/h2-3,5-6,8-9,11-12,14,19-20,22,40H,10,13,15-18H2,1H3,(H2,31,36)(H,32,37). The monoisotopic (exact) mass is 533 g/mol. The van der Waals surface area contributed by atoms with E-state index in [-0.39, 0.29) is 11.2 Å². The van der Waals surface area contributed by atoms with Gasteiger partial charge in [-0.25, -0.2) is 9.97 Å². The first kappa shape index (κ1) is 24.4. The Bertz CT molecular complexity index is 1640. The minimum absolute atomic E-state index is 0.107. The van der Waals surface area contributed by atoms with Gasteiger partial charge in [0.25, 0.3) is 0 Å². The van der Waals surface area contributed by atoms with Crippen molar-refractivity contribution in [3.8, 4) is 28.8 Å². The molecule has 0 amide bonds. The Labute approximate surface area is 232 Å². The van der Waals surface area contributed by atoms with Crippen LogP contribution in [-0.2, 0) is 12.5 Å². The van der Waals surface area contributed by atoms with Gasteiger partial charge in [0, 0.05) is 49.6 Å². The highest BCUT2D eigenvalue weighted by Crippen LogP contribution is 2.64. The van der Waals surface area contributed by atoms with E-state index in [1.807, 2.05) is 43.7 Å². The summed E-state index contributed by atoms with van der Waals surface area (Å²) in [6.07, 6.45) is 7.13. The van der Waals surface area contributed by atoms with Crippen molar-refractivity contribution in [2.45, 2.75) is 24.7 Å². The zero-order valence-electron chi connectivity index (χ0n) is 22.3. The molecule has 1 aliphatic heterocycles. The highest BCUT2D eigenvalue weighted by molar-refractivity contribution is 5.74. The van der Waals surface area contributed by atoms with Crippen molar-refractivity contribution in [3.05, 3.63) is 66.4 Å². The first-order valence-electron chi connectivity index (χ1n) is 13.7. The molecule has 4 heterocycles. The zero-order valence-corrected chi connectivity index (χ0v) is 22.3. The van der Waals surface area contributed by atoms with E-state index >= 15 is 0 Å². The fourth-order valence-electron chi connectivity index (χ4n) is 7.19. The number of nitrogen functional groups attached to an aromatic ring is 1. The zero-order chi connectivity index (χ0) is 27.3. The van der Waals surface area contributed by atoms with E-state index in [1.165, 1.54) is 6.42 Å². The summed E-state index contributed by atoms with van der Waals surface area (Å²) < 4.78 is 1.75. The molecule has 202 valence electrons. The maximum atomic E-state index is 10.3. The maximum absolute atomic E-state index is 10.3. The smallest absolute Gasteiger partial charge is 0.205 e. The molecule has 4 aromatic rings. The molecule has 40 heavy (non-hydrogen) atoms. The molecule has 10 heteroatoms. The molecule has 7 rings (SSSR count). The first-order chi connectivity index (χ1) is 19.5. The van der Waals surface area contributed by atoms with E-state index in [0.29, 0.717) is 47.2 Å².